The summed E-state index contributed by atoms with van der Waals surface area (Å²) < 4.78 is 8.99. The van der Waals surface area contributed by atoms with Crippen molar-refractivity contribution in [2.24, 2.45) is 0 Å². The van der Waals surface area contributed by atoms with Crippen molar-refractivity contribution in [2.75, 3.05) is 0 Å². The second kappa shape index (κ2) is 13.2. The summed E-state index contributed by atoms with van der Waals surface area (Å²) in [5, 5.41) is 0. The van der Waals surface area contributed by atoms with Crippen LogP contribution in [0.15, 0.2) is 28.3 Å². The molecule has 160 valence electrons. The van der Waals surface area contributed by atoms with Crippen molar-refractivity contribution < 1.29 is 4.43 Å². The summed E-state index contributed by atoms with van der Waals surface area (Å²) in [5.41, 5.74) is 4.39. The van der Waals surface area contributed by atoms with E-state index in [1.807, 2.05) is 0 Å². The highest BCUT2D eigenvalue weighted by Crippen LogP contribution is 2.31. The Labute approximate surface area is 190 Å². The molecular formula is C25H43IOSi. The number of aryl methyl sites for hydroxylation is 1. The zero-order chi connectivity index (χ0) is 21.0. The predicted octanol–water partition coefficient (Wildman–Crippen LogP) is 9.17. The van der Waals surface area contributed by atoms with Gasteiger partial charge < -0.3 is 4.43 Å². The quantitative estimate of drug-likeness (QED) is 0.137. The number of unbranched alkanes of at least 4 members (excludes halogenated alkanes) is 2. The third-order valence-corrected chi connectivity index (χ3v) is 11.7. The third kappa shape index (κ3) is 8.70. The number of rotatable bonds is 14. The lowest BCUT2D eigenvalue weighted by molar-refractivity contribution is 0.0828. The fraction of sp³-hybridized carbons (Fsp3) is 0.680. The summed E-state index contributed by atoms with van der Waals surface area (Å²) in [7, 11) is -1.51. The molecule has 0 saturated carbocycles. The molecule has 1 aromatic carbocycles. The second-order valence-corrected chi connectivity index (χ2v) is 14.1. The van der Waals surface area contributed by atoms with Crippen LogP contribution in [0.25, 0.3) is 5.57 Å². The van der Waals surface area contributed by atoms with Gasteiger partial charge in [0.15, 0.2) is 8.32 Å². The van der Waals surface area contributed by atoms with Crippen molar-refractivity contribution in [3.8, 4) is 0 Å². The SMILES string of the molecule is CCC/C(=C\I)c1cccc(CCCCCC(C)(C)O[Si](CC)(CC)CC)c1. The van der Waals surface area contributed by atoms with Crippen LogP contribution in [-0.2, 0) is 10.8 Å². The summed E-state index contributed by atoms with van der Waals surface area (Å²) in [4.78, 5) is 0. The second-order valence-electron chi connectivity index (χ2n) is 8.75. The van der Waals surface area contributed by atoms with E-state index >= 15 is 0 Å². The maximum Gasteiger partial charge on any atom is 0.192 e. The van der Waals surface area contributed by atoms with Crippen molar-refractivity contribution in [3.63, 3.8) is 0 Å². The first-order valence-electron chi connectivity index (χ1n) is 11.4. The molecule has 28 heavy (non-hydrogen) atoms. The Balaban J connectivity index is 2.47. The van der Waals surface area contributed by atoms with E-state index in [9.17, 15) is 0 Å². The van der Waals surface area contributed by atoms with Crippen LogP contribution >= 0.6 is 22.6 Å². The van der Waals surface area contributed by atoms with E-state index in [4.69, 9.17) is 4.43 Å². The number of allylic oxidation sites excluding steroid dienone is 1. The van der Waals surface area contributed by atoms with E-state index < -0.39 is 8.32 Å². The van der Waals surface area contributed by atoms with Gasteiger partial charge in [-0.1, -0.05) is 93.8 Å². The lowest BCUT2D eigenvalue weighted by Crippen LogP contribution is -2.44. The van der Waals surface area contributed by atoms with Crippen LogP contribution in [0.5, 0.6) is 0 Å². The molecule has 0 aliphatic heterocycles. The molecule has 0 bridgehead atoms. The molecule has 0 aromatic heterocycles. The van der Waals surface area contributed by atoms with E-state index in [0.717, 1.165) is 0 Å². The van der Waals surface area contributed by atoms with Gasteiger partial charge in [0.05, 0.1) is 5.60 Å². The van der Waals surface area contributed by atoms with Crippen molar-refractivity contribution in [2.45, 2.75) is 110 Å². The summed E-state index contributed by atoms with van der Waals surface area (Å²) in [5.74, 6) is 0. The van der Waals surface area contributed by atoms with Gasteiger partial charge in [0.1, 0.15) is 0 Å². The molecule has 0 N–H and O–H groups in total. The molecule has 0 heterocycles. The monoisotopic (exact) mass is 514 g/mol. The molecule has 1 nitrogen and oxygen atoms in total. The van der Waals surface area contributed by atoms with Gasteiger partial charge in [-0.15, -0.1) is 0 Å². The van der Waals surface area contributed by atoms with Crippen LogP contribution < -0.4 is 0 Å². The van der Waals surface area contributed by atoms with E-state index in [-0.39, 0.29) is 5.60 Å². The van der Waals surface area contributed by atoms with E-state index in [2.05, 4.69) is 92.5 Å². The van der Waals surface area contributed by atoms with Crippen molar-refractivity contribution in [3.05, 3.63) is 39.5 Å². The number of halogens is 1. The highest BCUT2D eigenvalue weighted by atomic mass is 127. The maximum absolute atomic E-state index is 6.75. The number of hydrogen-bond acceptors (Lipinski definition) is 1. The van der Waals surface area contributed by atoms with Crippen molar-refractivity contribution >= 4 is 36.5 Å². The normalized spacial score (nSPS) is 13.2. The molecule has 0 spiro atoms. The minimum absolute atomic E-state index is 0.0360. The summed E-state index contributed by atoms with van der Waals surface area (Å²) in [6.07, 6.45) is 8.57. The summed E-state index contributed by atoms with van der Waals surface area (Å²) in [6, 6.07) is 12.9. The topological polar surface area (TPSA) is 9.23 Å². The molecule has 1 aromatic rings. The summed E-state index contributed by atoms with van der Waals surface area (Å²) >= 11 is 2.38. The average molecular weight is 515 g/mol. The standard InChI is InChI=1S/C25H43IOSi/c1-7-15-24(21-26)23-18-14-17-22(20-23)16-12-11-13-19-25(5,6)27-28(8-2,9-3)10-4/h14,17-18,20-21H,7-13,15-16,19H2,1-6H3/b24-21+. The molecule has 0 fully saturated rings. The molecule has 0 radical (unpaired) electrons. The molecule has 0 atom stereocenters. The molecule has 0 aliphatic rings. The molecule has 0 aliphatic carbocycles. The van der Waals surface area contributed by atoms with E-state index in [0.29, 0.717) is 0 Å². The Morgan fingerprint density at radius 3 is 2.29 bits per heavy atom. The van der Waals surface area contributed by atoms with Crippen LogP contribution in [0.2, 0.25) is 18.1 Å². The minimum atomic E-state index is -1.51. The molecule has 0 amide bonds. The van der Waals surface area contributed by atoms with Crippen molar-refractivity contribution in [1.82, 2.24) is 0 Å². The first-order chi connectivity index (χ1) is 13.3. The van der Waals surface area contributed by atoms with Crippen LogP contribution in [0.4, 0.5) is 0 Å². The third-order valence-electron chi connectivity index (χ3n) is 6.12. The first-order valence-corrected chi connectivity index (χ1v) is 15.2. The Bertz CT molecular complexity index is 582. The van der Waals surface area contributed by atoms with Crippen LogP contribution in [0.3, 0.4) is 0 Å². The molecule has 0 unspecified atom stereocenters. The van der Waals surface area contributed by atoms with Gasteiger partial charge in [-0.25, -0.2) is 0 Å². The van der Waals surface area contributed by atoms with Crippen molar-refractivity contribution in [1.29, 1.82) is 0 Å². The molecule has 0 saturated heterocycles. The fourth-order valence-electron chi connectivity index (χ4n) is 4.12. The Morgan fingerprint density at radius 1 is 1.04 bits per heavy atom. The minimum Gasteiger partial charge on any atom is -0.412 e. The smallest absolute Gasteiger partial charge is 0.192 e. The summed E-state index contributed by atoms with van der Waals surface area (Å²) in [6.45, 7) is 13.8. The lowest BCUT2D eigenvalue weighted by Gasteiger charge is -2.38. The van der Waals surface area contributed by atoms with Gasteiger partial charge in [-0.2, -0.15) is 0 Å². The predicted molar refractivity (Wildman–Crippen MR) is 138 cm³/mol. The van der Waals surface area contributed by atoms with Crippen LogP contribution in [0, 0.1) is 0 Å². The Hall–Kier alpha value is -0.133. The van der Waals surface area contributed by atoms with Gasteiger partial charge in [-0.05, 0) is 78.4 Å². The number of hydrogen-bond donors (Lipinski definition) is 0. The van der Waals surface area contributed by atoms with Gasteiger partial charge in [0.25, 0.3) is 0 Å². The highest BCUT2D eigenvalue weighted by Gasteiger charge is 2.35. The fourth-order valence-corrected chi connectivity index (χ4v) is 8.00. The van der Waals surface area contributed by atoms with Gasteiger partial charge in [0.2, 0.25) is 0 Å². The maximum atomic E-state index is 6.75. The van der Waals surface area contributed by atoms with E-state index in [1.54, 1.807) is 0 Å². The van der Waals surface area contributed by atoms with Crippen LogP contribution in [-0.4, -0.2) is 13.9 Å². The van der Waals surface area contributed by atoms with Gasteiger partial charge in [-0.3, -0.25) is 0 Å². The molecule has 1 rings (SSSR count). The number of benzene rings is 1. The Morgan fingerprint density at radius 2 is 1.71 bits per heavy atom. The van der Waals surface area contributed by atoms with Crippen LogP contribution in [0.1, 0.15) is 91.2 Å². The zero-order valence-corrected chi connectivity index (χ0v) is 22.4. The largest absolute Gasteiger partial charge is 0.412 e. The van der Waals surface area contributed by atoms with E-state index in [1.165, 1.54) is 79.8 Å². The lowest BCUT2D eigenvalue weighted by atomic mass is 9.97. The molecule has 3 heteroatoms. The first kappa shape index (κ1) is 25.9. The van der Waals surface area contributed by atoms with Gasteiger partial charge in [0, 0.05) is 0 Å². The average Bonchev–Trinajstić information content (AvgIpc) is 2.70. The van der Waals surface area contributed by atoms with Gasteiger partial charge >= 0.3 is 0 Å². The Kier molecular flexibility index (Phi) is 12.2. The molecular weight excluding hydrogens is 471 g/mol. The zero-order valence-electron chi connectivity index (χ0n) is 19.2. The highest BCUT2D eigenvalue weighted by molar-refractivity contribution is 14.1.